The molecular formula is C13H16FN3OS. The molecule has 2 rings (SSSR count). The van der Waals surface area contributed by atoms with Crippen molar-refractivity contribution in [2.45, 2.75) is 19.4 Å². The summed E-state index contributed by atoms with van der Waals surface area (Å²) in [5, 5.41) is 9.23. The Kier molecular flexibility index (Phi) is 4.81. The van der Waals surface area contributed by atoms with E-state index in [1.165, 1.54) is 18.6 Å². The predicted molar refractivity (Wildman–Crippen MR) is 73.0 cm³/mol. The standard InChI is InChI=1S/C13H16FN3OS/c1-3-15-10(11-8-19-17-16-11)7-9-5-4-6-12(18-2)13(9)14/h4-6,8,10,15H,3,7H2,1-2H3. The van der Waals surface area contributed by atoms with Crippen molar-refractivity contribution in [3.63, 3.8) is 0 Å². The smallest absolute Gasteiger partial charge is 0.168 e. The Labute approximate surface area is 115 Å². The summed E-state index contributed by atoms with van der Waals surface area (Å²) in [4.78, 5) is 0. The van der Waals surface area contributed by atoms with Crippen LogP contribution in [0.3, 0.4) is 0 Å². The first-order chi connectivity index (χ1) is 9.26. The third-order valence-corrected chi connectivity index (χ3v) is 3.39. The number of benzene rings is 1. The van der Waals surface area contributed by atoms with Crippen LogP contribution in [0.5, 0.6) is 5.75 Å². The maximum Gasteiger partial charge on any atom is 0.168 e. The Morgan fingerprint density at radius 1 is 1.47 bits per heavy atom. The summed E-state index contributed by atoms with van der Waals surface area (Å²) in [5.74, 6) is -0.0414. The molecule has 2 aromatic rings. The highest BCUT2D eigenvalue weighted by molar-refractivity contribution is 7.03. The van der Waals surface area contributed by atoms with Crippen molar-refractivity contribution in [2.75, 3.05) is 13.7 Å². The van der Waals surface area contributed by atoms with Crippen LogP contribution in [0, 0.1) is 5.82 Å². The molecule has 1 aromatic heterocycles. The van der Waals surface area contributed by atoms with E-state index in [2.05, 4.69) is 14.9 Å². The maximum absolute atomic E-state index is 14.1. The second kappa shape index (κ2) is 6.58. The maximum atomic E-state index is 14.1. The van der Waals surface area contributed by atoms with Crippen molar-refractivity contribution in [3.8, 4) is 5.75 Å². The monoisotopic (exact) mass is 281 g/mol. The molecule has 6 heteroatoms. The van der Waals surface area contributed by atoms with E-state index in [0.717, 1.165) is 12.2 Å². The van der Waals surface area contributed by atoms with E-state index in [1.54, 1.807) is 18.2 Å². The first-order valence-electron chi connectivity index (χ1n) is 6.08. The van der Waals surface area contributed by atoms with Gasteiger partial charge >= 0.3 is 0 Å². The van der Waals surface area contributed by atoms with E-state index in [0.29, 0.717) is 12.0 Å². The molecule has 1 aromatic carbocycles. The minimum atomic E-state index is -0.309. The Hall–Kier alpha value is -1.53. The topological polar surface area (TPSA) is 47.0 Å². The Morgan fingerprint density at radius 3 is 2.95 bits per heavy atom. The van der Waals surface area contributed by atoms with Crippen molar-refractivity contribution in [2.24, 2.45) is 0 Å². The minimum absolute atomic E-state index is 0.0367. The van der Waals surface area contributed by atoms with Crippen LogP contribution in [0.25, 0.3) is 0 Å². The zero-order chi connectivity index (χ0) is 13.7. The number of hydrogen-bond donors (Lipinski definition) is 1. The average molecular weight is 281 g/mol. The molecule has 0 spiro atoms. The second-order valence-corrected chi connectivity index (χ2v) is 4.69. The molecule has 19 heavy (non-hydrogen) atoms. The molecule has 0 saturated heterocycles. The van der Waals surface area contributed by atoms with Gasteiger partial charge in [-0.15, -0.1) is 5.10 Å². The van der Waals surface area contributed by atoms with Gasteiger partial charge in [0.15, 0.2) is 11.6 Å². The first kappa shape index (κ1) is 13.9. The van der Waals surface area contributed by atoms with Gasteiger partial charge in [0.2, 0.25) is 0 Å². The average Bonchev–Trinajstić information content (AvgIpc) is 2.94. The van der Waals surface area contributed by atoms with Crippen LogP contribution in [-0.4, -0.2) is 23.2 Å². The first-order valence-corrected chi connectivity index (χ1v) is 6.91. The largest absolute Gasteiger partial charge is 0.494 e. The highest BCUT2D eigenvalue weighted by Gasteiger charge is 2.17. The molecule has 0 saturated carbocycles. The summed E-state index contributed by atoms with van der Waals surface area (Å²) >= 11 is 1.30. The zero-order valence-corrected chi connectivity index (χ0v) is 11.7. The van der Waals surface area contributed by atoms with Gasteiger partial charge in [-0.3, -0.25) is 0 Å². The fourth-order valence-electron chi connectivity index (χ4n) is 1.94. The molecule has 0 fully saturated rings. The van der Waals surface area contributed by atoms with Crippen LogP contribution >= 0.6 is 11.5 Å². The number of halogens is 1. The molecule has 1 atom stereocenters. The molecule has 0 amide bonds. The fraction of sp³-hybridized carbons (Fsp3) is 0.385. The van der Waals surface area contributed by atoms with Crippen molar-refractivity contribution < 1.29 is 9.13 Å². The number of likely N-dealkylation sites (N-methyl/N-ethyl adjacent to an activating group) is 1. The SMILES string of the molecule is CCNC(Cc1cccc(OC)c1F)c1csnn1. The number of nitrogens with zero attached hydrogens (tertiary/aromatic N) is 2. The normalized spacial score (nSPS) is 12.4. The lowest BCUT2D eigenvalue weighted by atomic mass is 10.0. The van der Waals surface area contributed by atoms with Gasteiger partial charge in [0.1, 0.15) is 0 Å². The molecule has 4 nitrogen and oxygen atoms in total. The van der Waals surface area contributed by atoms with E-state index >= 15 is 0 Å². The van der Waals surface area contributed by atoms with E-state index in [4.69, 9.17) is 4.74 Å². The number of aromatic nitrogens is 2. The van der Waals surface area contributed by atoms with Gasteiger partial charge in [-0.25, -0.2) is 4.39 Å². The lowest BCUT2D eigenvalue weighted by molar-refractivity contribution is 0.382. The van der Waals surface area contributed by atoms with E-state index in [-0.39, 0.29) is 17.6 Å². The minimum Gasteiger partial charge on any atom is -0.494 e. The number of hydrogen-bond acceptors (Lipinski definition) is 5. The lowest BCUT2D eigenvalue weighted by Gasteiger charge is -2.16. The van der Waals surface area contributed by atoms with Crippen LogP contribution < -0.4 is 10.1 Å². The lowest BCUT2D eigenvalue weighted by Crippen LogP contribution is -2.23. The van der Waals surface area contributed by atoms with Gasteiger partial charge in [-0.05, 0) is 36.1 Å². The number of nitrogens with one attached hydrogen (secondary N) is 1. The Bertz CT molecular complexity index is 519. The molecule has 1 N–H and O–H groups in total. The number of ether oxygens (including phenoxy) is 1. The summed E-state index contributed by atoms with van der Waals surface area (Å²) in [6.45, 7) is 2.79. The molecule has 0 aliphatic carbocycles. The predicted octanol–water partition coefficient (Wildman–Crippen LogP) is 2.58. The van der Waals surface area contributed by atoms with Crippen molar-refractivity contribution >= 4 is 11.5 Å². The highest BCUT2D eigenvalue weighted by Crippen LogP contribution is 2.24. The third kappa shape index (κ3) is 3.27. The molecule has 0 radical (unpaired) electrons. The van der Waals surface area contributed by atoms with Gasteiger partial charge in [0.05, 0.1) is 18.8 Å². The van der Waals surface area contributed by atoms with Crippen LogP contribution in [0.15, 0.2) is 23.6 Å². The Balaban J connectivity index is 2.22. The molecule has 0 bridgehead atoms. The van der Waals surface area contributed by atoms with Crippen LogP contribution in [0.4, 0.5) is 4.39 Å². The molecule has 1 unspecified atom stereocenters. The van der Waals surface area contributed by atoms with Gasteiger partial charge < -0.3 is 10.1 Å². The summed E-state index contributed by atoms with van der Waals surface area (Å²) in [6.07, 6.45) is 0.516. The van der Waals surface area contributed by atoms with E-state index < -0.39 is 0 Å². The summed E-state index contributed by atoms with van der Waals surface area (Å²) in [7, 11) is 1.47. The van der Waals surface area contributed by atoms with Gasteiger partial charge in [0.25, 0.3) is 0 Å². The summed E-state index contributed by atoms with van der Waals surface area (Å²) in [5.41, 5.74) is 1.45. The fourth-order valence-corrected chi connectivity index (χ4v) is 2.45. The highest BCUT2D eigenvalue weighted by atomic mass is 32.1. The van der Waals surface area contributed by atoms with Crippen molar-refractivity contribution in [3.05, 3.63) is 40.7 Å². The van der Waals surface area contributed by atoms with E-state index in [1.807, 2.05) is 12.3 Å². The van der Waals surface area contributed by atoms with Crippen LogP contribution in [-0.2, 0) is 6.42 Å². The summed E-state index contributed by atoms with van der Waals surface area (Å²) in [6, 6.07) is 5.14. The molecule has 0 aliphatic rings. The van der Waals surface area contributed by atoms with Gasteiger partial charge in [0, 0.05) is 5.38 Å². The number of rotatable bonds is 6. The van der Waals surface area contributed by atoms with Gasteiger partial charge in [-0.1, -0.05) is 23.5 Å². The molecule has 1 heterocycles. The third-order valence-electron chi connectivity index (χ3n) is 2.87. The van der Waals surface area contributed by atoms with E-state index in [9.17, 15) is 4.39 Å². The molecule has 0 aliphatic heterocycles. The number of methoxy groups -OCH3 is 1. The van der Waals surface area contributed by atoms with Crippen LogP contribution in [0.2, 0.25) is 0 Å². The van der Waals surface area contributed by atoms with Crippen molar-refractivity contribution in [1.82, 2.24) is 14.9 Å². The van der Waals surface area contributed by atoms with Crippen molar-refractivity contribution in [1.29, 1.82) is 0 Å². The quantitative estimate of drug-likeness (QED) is 0.884. The van der Waals surface area contributed by atoms with Gasteiger partial charge in [-0.2, -0.15) is 0 Å². The zero-order valence-electron chi connectivity index (χ0n) is 10.9. The molecular weight excluding hydrogens is 265 g/mol. The molecule has 102 valence electrons. The van der Waals surface area contributed by atoms with Crippen LogP contribution in [0.1, 0.15) is 24.2 Å². The summed E-state index contributed by atoms with van der Waals surface area (Å²) < 4.78 is 23.0. The second-order valence-electron chi connectivity index (χ2n) is 4.08. The Morgan fingerprint density at radius 2 is 2.32 bits per heavy atom.